The second-order valence-corrected chi connectivity index (χ2v) is 6.97. The molecule has 2 N–H and O–H groups in total. The zero-order chi connectivity index (χ0) is 15.9. The van der Waals surface area contributed by atoms with Gasteiger partial charge in [-0.2, -0.15) is 0 Å². The fourth-order valence-electron chi connectivity index (χ4n) is 2.53. The zero-order valence-corrected chi connectivity index (χ0v) is 14.3. The third kappa shape index (κ3) is 6.82. The van der Waals surface area contributed by atoms with Crippen molar-refractivity contribution < 1.29 is 4.79 Å². The molecule has 5 heteroatoms. The van der Waals surface area contributed by atoms with Crippen LogP contribution in [0.4, 0.5) is 0 Å². The molecule has 1 fully saturated rings. The maximum atomic E-state index is 11.6. The number of likely N-dealkylation sites (N-methyl/N-ethyl adjacent to an activating group) is 1. The number of hydrogen-bond donors (Lipinski definition) is 2. The fourth-order valence-corrected chi connectivity index (χ4v) is 2.53. The molecular weight excluding hydrogens is 264 g/mol. The van der Waals surface area contributed by atoms with E-state index in [1.807, 2.05) is 6.92 Å². The molecule has 0 aromatic carbocycles. The molecule has 0 aliphatic heterocycles. The van der Waals surface area contributed by atoms with E-state index in [2.05, 4.69) is 29.5 Å². The number of carbonyl (C=O) groups is 1. The van der Waals surface area contributed by atoms with E-state index >= 15 is 0 Å². The lowest BCUT2D eigenvalue weighted by molar-refractivity contribution is -0.127. The molecule has 1 amide bonds. The molecule has 1 rings (SSSR count). The van der Waals surface area contributed by atoms with Crippen molar-refractivity contribution in [3.63, 3.8) is 0 Å². The van der Waals surface area contributed by atoms with E-state index in [0.717, 1.165) is 19.0 Å². The molecular formula is C16H32N4O. The Labute approximate surface area is 129 Å². The van der Waals surface area contributed by atoms with Crippen molar-refractivity contribution in [2.75, 3.05) is 33.7 Å². The molecule has 0 unspecified atom stereocenters. The number of rotatable bonds is 5. The molecule has 0 atom stereocenters. The summed E-state index contributed by atoms with van der Waals surface area (Å²) in [6, 6.07) is 0. The van der Waals surface area contributed by atoms with Crippen molar-refractivity contribution >= 4 is 11.9 Å². The van der Waals surface area contributed by atoms with Gasteiger partial charge >= 0.3 is 0 Å². The van der Waals surface area contributed by atoms with Crippen LogP contribution in [0.1, 0.15) is 46.5 Å². The monoisotopic (exact) mass is 296 g/mol. The van der Waals surface area contributed by atoms with Gasteiger partial charge in [-0.25, -0.2) is 4.99 Å². The first-order valence-corrected chi connectivity index (χ1v) is 8.06. The standard InChI is InChI=1S/C16H32N4O/c1-6-17-15(19-12-14(21)20(4)5)18-11-13-7-9-16(2,3)10-8-13/h13H,6-12H2,1-5H3,(H2,17,18,19). The number of carbonyl (C=O) groups excluding carboxylic acids is 1. The smallest absolute Gasteiger partial charge is 0.243 e. The Kier molecular flexibility index (Phi) is 6.99. The van der Waals surface area contributed by atoms with Crippen LogP contribution in [0.25, 0.3) is 0 Å². The van der Waals surface area contributed by atoms with E-state index in [-0.39, 0.29) is 12.5 Å². The first-order valence-electron chi connectivity index (χ1n) is 8.06. The summed E-state index contributed by atoms with van der Waals surface area (Å²) in [6.45, 7) is 8.69. The number of nitrogens with one attached hydrogen (secondary N) is 2. The zero-order valence-electron chi connectivity index (χ0n) is 14.3. The Morgan fingerprint density at radius 2 is 1.86 bits per heavy atom. The van der Waals surface area contributed by atoms with E-state index in [9.17, 15) is 4.79 Å². The first-order chi connectivity index (χ1) is 9.84. The van der Waals surface area contributed by atoms with Crippen molar-refractivity contribution in [3.05, 3.63) is 0 Å². The van der Waals surface area contributed by atoms with Crippen LogP contribution >= 0.6 is 0 Å². The highest BCUT2D eigenvalue weighted by Gasteiger charge is 2.26. The third-order valence-electron chi connectivity index (χ3n) is 4.23. The predicted molar refractivity (Wildman–Crippen MR) is 88.4 cm³/mol. The molecule has 0 bridgehead atoms. The van der Waals surface area contributed by atoms with E-state index in [1.54, 1.807) is 19.0 Å². The minimum Gasteiger partial charge on any atom is -0.357 e. The summed E-state index contributed by atoms with van der Waals surface area (Å²) in [5, 5.41) is 6.58. The van der Waals surface area contributed by atoms with Gasteiger partial charge in [0, 0.05) is 27.2 Å². The summed E-state index contributed by atoms with van der Waals surface area (Å²) >= 11 is 0. The van der Waals surface area contributed by atoms with Crippen LogP contribution in [0.15, 0.2) is 4.99 Å². The lowest BCUT2D eigenvalue weighted by atomic mass is 9.73. The van der Waals surface area contributed by atoms with Gasteiger partial charge in [-0.15, -0.1) is 0 Å². The Morgan fingerprint density at radius 1 is 1.24 bits per heavy atom. The third-order valence-corrected chi connectivity index (χ3v) is 4.23. The fraction of sp³-hybridized carbons (Fsp3) is 0.875. The minimum absolute atomic E-state index is 0.0200. The van der Waals surface area contributed by atoms with Gasteiger partial charge in [-0.3, -0.25) is 4.79 Å². The summed E-state index contributed by atoms with van der Waals surface area (Å²) in [6.07, 6.45) is 5.14. The Bertz CT molecular complexity index is 353. The van der Waals surface area contributed by atoms with Crippen LogP contribution < -0.4 is 10.6 Å². The number of aliphatic imine (C=N–C) groups is 1. The minimum atomic E-state index is 0.0200. The summed E-state index contributed by atoms with van der Waals surface area (Å²) in [5.74, 6) is 1.48. The SMILES string of the molecule is CCNC(=NCC(=O)N(C)C)NCC1CCC(C)(C)CC1. The van der Waals surface area contributed by atoms with Gasteiger partial charge < -0.3 is 15.5 Å². The molecule has 0 aromatic heterocycles. The second kappa shape index (κ2) is 8.25. The molecule has 122 valence electrons. The van der Waals surface area contributed by atoms with Gasteiger partial charge in [-0.1, -0.05) is 13.8 Å². The van der Waals surface area contributed by atoms with Gasteiger partial charge in [0.2, 0.25) is 5.91 Å². The van der Waals surface area contributed by atoms with Crippen LogP contribution in [0.2, 0.25) is 0 Å². The number of nitrogens with zero attached hydrogens (tertiary/aromatic N) is 2. The normalized spacial score (nSPS) is 19.2. The molecule has 5 nitrogen and oxygen atoms in total. The highest BCUT2D eigenvalue weighted by Crippen LogP contribution is 2.37. The van der Waals surface area contributed by atoms with Crippen molar-refractivity contribution in [3.8, 4) is 0 Å². The average Bonchev–Trinajstić information content (AvgIpc) is 2.42. The van der Waals surface area contributed by atoms with E-state index in [1.165, 1.54) is 25.7 Å². The van der Waals surface area contributed by atoms with E-state index < -0.39 is 0 Å². The molecule has 1 saturated carbocycles. The highest BCUT2D eigenvalue weighted by molar-refractivity contribution is 5.84. The van der Waals surface area contributed by atoms with Gasteiger partial charge in [-0.05, 0) is 43.9 Å². The predicted octanol–water partition coefficient (Wildman–Crippen LogP) is 1.85. The van der Waals surface area contributed by atoms with Crippen molar-refractivity contribution in [1.29, 1.82) is 0 Å². The van der Waals surface area contributed by atoms with Crippen LogP contribution in [0.3, 0.4) is 0 Å². The van der Waals surface area contributed by atoms with Gasteiger partial charge in [0.15, 0.2) is 5.96 Å². The molecule has 1 aliphatic carbocycles. The quantitative estimate of drug-likeness (QED) is 0.601. The highest BCUT2D eigenvalue weighted by atomic mass is 16.2. The number of amides is 1. The lowest BCUT2D eigenvalue weighted by Gasteiger charge is -2.34. The molecule has 0 heterocycles. The molecule has 0 radical (unpaired) electrons. The van der Waals surface area contributed by atoms with Gasteiger partial charge in [0.05, 0.1) is 0 Å². The molecule has 21 heavy (non-hydrogen) atoms. The molecule has 0 saturated heterocycles. The average molecular weight is 296 g/mol. The van der Waals surface area contributed by atoms with Crippen molar-refractivity contribution in [2.45, 2.75) is 46.5 Å². The molecule has 0 spiro atoms. The first kappa shape index (κ1) is 17.8. The van der Waals surface area contributed by atoms with Crippen LogP contribution in [0.5, 0.6) is 0 Å². The second-order valence-electron chi connectivity index (χ2n) is 6.97. The van der Waals surface area contributed by atoms with Gasteiger partial charge in [0.1, 0.15) is 6.54 Å². The Hall–Kier alpha value is -1.26. The van der Waals surface area contributed by atoms with E-state index in [4.69, 9.17) is 0 Å². The number of guanidine groups is 1. The number of hydrogen-bond acceptors (Lipinski definition) is 2. The van der Waals surface area contributed by atoms with Crippen molar-refractivity contribution in [2.24, 2.45) is 16.3 Å². The summed E-state index contributed by atoms with van der Waals surface area (Å²) in [5.41, 5.74) is 0.507. The Balaban J connectivity index is 2.41. The van der Waals surface area contributed by atoms with Gasteiger partial charge in [0.25, 0.3) is 0 Å². The maximum Gasteiger partial charge on any atom is 0.243 e. The summed E-state index contributed by atoms with van der Waals surface area (Å²) in [7, 11) is 3.50. The van der Waals surface area contributed by atoms with Crippen LogP contribution in [-0.4, -0.2) is 50.5 Å². The topological polar surface area (TPSA) is 56.7 Å². The largest absolute Gasteiger partial charge is 0.357 e. The van der Waals surface area contributed by atoms with Crippen molar-refractivity contribution in [1.82, 2.24) is 15.5 Å². The summed E-state index contributed by atoms with van der Waals surface area (Å²) in [4.78, 5) is 17.5. The van der Waals surface area contributed by atoms with E-state index in [0.29, 0.717) is 11.3 Å². The van der Waals surface area contributed by atoms with Crippen LogP contribution in [0, 0.1) is 11.3 Å². The molecule has 0 aromatic rings. The maximum absolute atomic E-state index is 11.6. The van der Waals surface area contributed by atoms with Crippen LogP contribution in [-0.2, 0) is 4.79 Å². The molecule has 1 aliphatic rings. The lowest BCUT2D eigenvalue weighted by Crippen LogP contribution is -2.41. The summed E-state index contributed by atoms with van der Waals surface area (Å²) < 4.78 is 0. The Morgan fingerprint density at radius 3 is 2.38 bits per heavy atom.